The molecule has 6 atom stereocenters. The predicted octanol–water partition coefficient (Wildman–Crippen LogP) is 5.60. The van der Waals surface area contributed by atoms with Gasteiger partial charge in [0.2, 0.25) is 11.8 Å². The molecule has 4 aliphatic rings. The topological polar surface area (TPSA) is 189 Å². The fraction of sp³-hybridized carbons (Fsp3) is 0.569. The summed E-state index contributed by atoms with van der Waals surface area (Å²) in [4.78, 5) is 84.7. The average molecular weight is 1000 g/mol. The monoisotopic (exact) mass is 1000 g/mol. The van der Waals surface area contributed by atoms with E-state index < -0.39 is 66.1 Å². The molecule has 21 heteroatoms. The molecule has 3 aromatic heterocycles. The SMILES string of the molecule is C=CC(=O)N1CCC[C@H]2CN(C(=O)N(C)C(C(=O)N[C@H]3Cc4nc(n(C)n4)-c4ccc5c(c4)c(c(-c4cccnc4[C@H](C)OC)n5CC(F)(F)F)CC(C)(C)COC(=O)[C@@H]4CCCN(N4)C3=O)C(C)C)C[C@H]21. The van der Waals surface area contributed by atoms with E-state index in [1.54, 1.807) is 67.3 Å². The number of cyclic esters (lactones) is 1. The molecule has 4 aromatic rings. The van der Waals surface area contributed by atoms with Gasteiger partial charge in [0.15, 0.2) is 11.6 Å². The Balaban J connectivity index is 1.18. The Bertz CT molecular complexity index is 2740. The fourth-order valence-corrected chi connectivity index (χ4v) is 11.1. The van der Waals surface area contributed by atoms with Crippen LogP contribution in [0.15, 0.2) is 49.2 Å². The van der Waals surface area contributed by atoms with Crippen LogP contribution >= 0.6 is 0 Å². The molecule has 0 aliphatic carbocycles. The smallest absolute Gasteiger partial charge is 0.406 e. The number of urea groups is 1. The van der Waals surface area contributed by atoms with Crippen LogP contribution in [0.5, 0.6) is 0 Å². The maximum Gasteiger partial charge on any atom is 0.406 e. The lowest BCUT2D eigenvalue weighted by Gasteiger charge is -2.37. The van der Waals surface area contributed by atoms with Crippen molar-refractivity contribution in [2.75, 3.05) is 46.9 Å². The molecule has 18 nitrogen and oxygen atoms in total. The van der Waals surface area contributed by atoms with Crippen molar-refractivity contribution in [3.63, 3.8) is 0 Å². The van der Waals surface area contributed by atoms with Gasteiger partial charge in [-0.1, -0.05) is 34.3 Å². The number of hydrogen-bond acceptors (Lipinski definition) is 11. The summed E-state index contributed by atoms with van der Waals surface area (Å²) in [5.74, 6) is -1.76. The van der Waals surface area contributed by atoms with Crippen molar-refractivity contribution in [2.45, 2.75) is 116 Å². The molecule has 8 rings (SSSR count). The maximum absolute atomic E-state index is 14.7. The summed E-state index contributed by atoms with van der Waals surface area (Å²) in [7, 11) is 4.73. The fourth-order valence-electron chi connectivity index (χ4n) is 11.1. The number of fused-ring (bicyclic) bond motifs is 7. The van der Waals surface area contributed by atoms with Gasteiger partial charge in [-0.05, 0) is 92.8 Å². The number of hydrogen-bond donors (Lipinski definition) is 2. The largest absolute Gasteiger partial charge is 0.464 e. The normalized spacial score (nSPS) is 22.5. The van der Waals surface area contributed by atoms with Crippen molar-refractivity contribution in [1.29, 1.82) is 0 Å². The summed E-state index contributed by atoms with van der Waals surface area (Å²) >= 11 is 0. The van der Waals surface area contributed by atoms with Crippen molar-refractivity contribution in [2.24, 2.45) is 24.3 Å². The Morgan fingerprint density at radius 2 is 1.85 bits per heavy atom. The highest BCUT2D eigenvalue weighted by Crippen LogP contribution is 2.43. The molecule has 5 amide bonds. The number of aryl methyl sites for hydroxylation is 1. The van der Waals surface area contributed by atoms with E-state index in [1.807, 2.05) is 27.7 Å². The van der Waals surface area contributed by atoms with Crippen molar-refractivity contribution >= 4 is 40.6 Å². The van der Waals surface area contributed by atoms with Crippen molar-refractivity contribution in [3.05, 3.63) is 66.3 Å². The number of carbonyl (C=O) groups is 5. The highest BCUT2D eigenvalue weighted by Gasteiger charge is 2.45. The molecule has 0 spiro atoms. The molecule has 0 saturated carbocycles. The van der Waals surface area contributed by atoms with Crippen LogP contribution in [0.4, 0.5) is 18.0 Å². The molecule has 3 saturated heterocycles. The second-order valence-electron chi connectivity index (χ2n) is 20.8. The molecule has 0 radical (unpaired) electrons. The maximum atomic E-state index is 14.7. The standard InChI is InChI=1S/C51H66F3N11O7/c1-10-41(66)63-20-12-14-32-25-62(26-39(32)63)49(70)60(7)43(29(2)3)46(67)56-37-23-40-57-45(61(8)59-40)31-17-18-38-34(22-31)35(24-50(5,6)28-72-48(69)36-16-13-21-65(58-36)47(37)68)44(64(38)27-51(52,53)54)33-15-11-19-55-42(33)30(4)71-9/h10-11,15,17-19,22,29-30,32,36-37,39,43,58H,1,12-14,16,20-21,23-28H2,2-9H3,(H,56,67)/t30-,32-,36-,37-,39+,43?/m0/s1. The van der Waals surface area contributed by atoms with Gasteiger partial charge in [-0.3, -0.25) is 29.2 Å². The summed E-state index contributed by atoms with van der Waals surface area (Å²) in [6, 6.07) is 4.68. The third-order valence-corrected chi connectivity index (χ3v) is 14.5. The quantitative estimate of drug-likeness (QED) is 0.157. The molecular formula is C51H66F3N11O7. The number of hydrazine groups is 1. The first-order valence-corrected chi connectivity index (χ1v) is 24.7. The molecule has 1 aromatic carbocycles. The number of benzene rings is 1. The van der Waals surface area contributed by atoms with E-state index >= 15 is 0 Å². The number of amides is 5. The number of methoxy groups -OCH3 is 1. The van der Waals surface area contributed by atoms with Gasteiger partial charge >= 0.3 is 18.2 Å². The molecule has 6 bridgehead atoms. The second kappa shape index (κ2) is 20.6. The van der Waals surface area contributed by atoms with E-state index in [9.17, 15) is 37.1 Å². The average Bonchev–Trinajstić information content (AvgIpc) is 4.03. The molecule has 4 aliphatic heterocycles. The van der Waals surface area contributed by atoms with Crippen LogP contribution in [0.1, 0.15) is 83.5 Å². The van der Waals surface area contributed by atoms with Gasteiger partial charge in [0.25, 0.3) is 5.91 Å². The van der Waals surface area contributed by atoms with Crippen LogP contribution in [-0.4, -0.2) is 151 Å². The number of ether oxygens (including phenoxy) is 2. The Kier molecular flexibility index (Phi) is 14.9. The number of rotatable bonds is 9. The van der Waals surface area contributed by atoms with Crippen molar-refractivity contribution in [1.82, 2.24) is 54.8 Å². The van der Waals surface area contributed by atoms with Gasteiger partial charge < -0.3 is 34.1 Å². The molecule has 7 heterocycles. The highest BCUT2D eigenvalue weighted by molar-refractivity contribution is 5.95. The van der Waals surface area contributed by atoms with Gasteiger partial charge in [0, 0.05) is 87.4 Å². The first kappa shape index (κ1) is 52.0. The van der Waals surface area contributed by atoms with Gasteiger partial charge in [-0.15, -0.1) is 0 Å². The lowest BCUT2D eigenvalue weighted by molar-refractivity contribution is -0.155. The Hall–Kier alpha value is -6.35. The minimum atomic E-state index is -4.62. The van der Waals surface area contributed by atoms with E-state index in [0.717, 1.165) is 12.8 Å². The summed E-state index contributed by atoms with van der Waals surface area (Å²) in [6.45, 7) is 12.9. The number of pyridine rings is 1. The van der Waals surface area contributed by atoms with Gasteiger partial charge in [-0.2, -0.15) is 18.3 Å². The predicted molar refractivity (Wildman–Crippen MR) is 260 cm³/mol. The van der Waals surface area contributed by atoms with Crippen molar-refractivity contribution < 1.29 is 46.6 Å². The first-order chi connectivity index (χ1) is 34.1. The summed E-state index contributed by atoms with van der Waals surface area (Å²) in [5.41, 5.74) is 4.82. The first-order valence-electron chi connectivity index (χ1n) is 24.7. The number of halogens is 3. The molecule has 1 unspecified atom stereocenters. The zero-order chi connectivity index (χ0) is 52.0. The minimum absolute atomic E-state index is 0.0819. The van der Waals surface area contributed by atoms with Gasteiger partial charge in [0.05, 0.1) is 30.1 Å². The van der Waals surface area contributed by atoms with Gasteiger partial charge in [0.1, 0.15) is 24.7 Å². The zero-order valence-corrected chi connectivity index (χ0v) is 42.3. The molecule has 3 fully saturated rings. The Morgan fingerprint density at radius 3 is 2.56 bits per heavy atom. The minimum Gasteiger partial charge on any atom is -0.464 e. The van der Waals surface area contributed by atoms with Crippen LogP contribution in [-0.2, 0) is 55.1 Å². The van der Waals surface area contributed by atoms with Crippen LogP contribution in [0.3, 0.4) is 0 Å². The second-order valence-corrected chi connectivity index (χ2v) is 20.8. The van der Waals surface area contributed by atoms with Crippen molar-refractivity contribution in [3.8, 4) is 22.6 Å². The number of esters is 1. The number of alkyl halides is 3. The Morgan fingerprint density at radius 1 is 1.10 bits per heavy atom. The number of piperidine rings is 1. The summed E-state index contributed by atoms with van der Waals surface area (Å²) in [5, 5.41) is 9.45. The zero-order valence-electron chi connectivity index (χ0n) is 42.3. The van der Waals surface area contributed by atoms with E-state index in [-0.39, 0.29) is 55.7 Å². The van der Waals surface area contributed by atoms with E-state index in [0.29, 0.717) is 77.3 Å². The van der Waals surface area contributed by atoms with Crippen LogP contribution in [0, 0.1) is 17.3 Å². The molecule has 388 valence electrons. The molecule has 72 heavy (non-hydrogen) atoms. The van der Waals surface area contributed by atoms with E-state index in [2.05, 4.69) is 22.3 Å². The number of nitrogens with one attached hydrogen (secondary N) is 2. The molecular weight excluding hydrogens is 936 g/mol. The number of likely N-dealkylation sites (tertiary alicyclic amines) is 2. The molecule has 2 N–H and O–H groups in total. The van der Waals surface area contributed by atoms with Gasteiger partial charge in [-0.25, -0.2) is 19.9 Å². The summed E-state index contributed by atoms with van der Waals surface area (Å²) < 4.78 is 58.6. The van der Waals surface area contributed by atoms with Crippen LogP contribution in [0.25, 0.3) is 33.5 Å². The van der Waals surface area contributed by atoms with E-state index in [1.165, 1.54) is 32.3 Å². The Labute approximate surface area is 417 Å². The number of aromatic nitrogens is 5. The number of carbonyl (C=O) groups excluding carboxylic acids is 5. The number of likely N-dealkylation sites (N-methyl/N-ethyl adjacent to an activating group) is 1. The lowest BCUT2D eigenvalue weighted by Crippen LogP contribution is -2.62. The van der Waals surface area contributed by atoms with E-state index in [4.69, 9.17) is 19.6 Å². The third kappa shape index (κ3) is 10.6. The third-order valence-electron chi connectivity index (χ3n) is 14.5. The summed E-state index contributed by atoms with van der Waals surface area (Å²) in [6.07, 6.45) is 0.0731. The van der Waals surface area contributed by atoms with Crippen LogP contribution < -0.4 is 10.7 Å². The lowest BCUT2D eigenvalue weighted by atomic mass is 9.84. The van der Waals surface area contributed by atoms with Crippen LogP contribution in [0.2, 0.25) is 0 Å². The number of nitrogens with zero attached hydrogens (tertiary/aromatic N) is 9. The highest BCUT2D eigenvalue weighted by atomic mass is 19.4.